The molecule has 150 valence electrons. The van der Waals surface area contributed by atoms with E-state index in [1.807, 2.05) is 72.8 Å². The molecule has 5 heteroatoms. The van der Waals surface area contributed by atoms with E-state index < -0.39 is 0 Å². The van der Waals surface area contributed by atoms with Crippen LogP contribution in [0.4, 0.5) is 5.69 Å². The summed E-state index contributed by atoms with van der Waals surface area (Å²) in [5.41, 5.74) is 3.74. The van der Waals surface area contributed by atoms with Gasteiger partial charge >= 0.3 is 0 Å². The van der Waals surface area contributed by atoms with Crippen molar-refractivity contribution in [1.29, 1.82) is 0 Å². The zero-order valence-corrected chi connectivity index (χ0v) is 17.1. The SMILES string of the molecule is COc1ccc(C[NH+](C)Cc2ccc(C(=O)Nc3ccccc3)cc2)c(OC)c1. The molecule has 3 rings (SSSR count). The average molecular weight is 391 g/mol. The number of hydrogen-bond acceptors (Lipinski definition) is 3. The van der Waals surface area contributed by atoms with Crippen molar-refractivity contribution in [3.63, 3.8) is 0 Å². The second-order valence-electron chi connectivity index (χ2n) is 7.01. The molecular weight excluding hydrogens is 364 g/mol. The highest BCUT2D eigenvalue weighted by molar-refractivity contribution is 6.04. The first-order chi connectivity index (χ1) is 14.1. The molecular formula is C24H27N2O3+. The summed E-state index contributed by atoms with van der Waals surface area (Å²) < 4.78 is 10.8. The van der Waals surface area contributed by atoms with Crippen LogP contribution in [0, 0.1) is 0 Å². The molecule has 0 aromatic heterocycles. The zero-order valence-electron chi connectivity index (χ0n) is 17.1. The van der Waals surface area contributed by atoms with Crippen molar-refractivity contribution in [2.75, 3.05) is 26.6 Å². The monoisotopic (exact) mass is 391 g/mol. The number of carbonyl (C=O) groups is 1. The van der Waals surface area contributed by atoms with Crippen LogP contribution >= 0.6 is 0 Å². The Morgan fingerprint density at radius 3 is 2.28 bits per heavy atom. The quantitative estimate of drug-likeness (QED) is 0.620. The fourth-order valence-electron chi connectivity index (χ4n) is 3.23. The van der Waals surface area contributed by atoms with E-state index in [1.54, 1.807) is 14.2 Å². The van der Waals surface area contributed by atoms with Gasteiger partial charge in [0.1, 0.15) is 24.6 Å². The molecule has 0 aliphatic rings. The number of hydrogen-bond donors (Lipinski definition) is 2. The molecule has 0 saturated carbocycles. The van der Waals surface area contributed by atoms with E-state index >= 15 is 0 Å². The van der Waals surface area contributed by atoms with Crippen LogP contribution in [0.25, 0.3) is 0 Å². The van der Waals surface area contributed by atoms with Crippen LogP contribution < -0.4 is 19.7 Å². The molecule has 2 N–H and O–H groups in total. The van der Waals surface area contributed by atoms with Crippen LogP contribution in [0.15, 0.2) is 72.8 Å². The minimum absolute atomic E-state index is 0.105. The van der Waals surface area contributed by atoms with Gasteiger partial charge in [-0.3, -0.25) is 4.79 Å². The lowest BCUT2D eigenvalue weighted by molar-refractivity contribution is -0.907. The summed E-state index contributed by atoms with van der Waals surface area (Å²) in [7, 11) is 5.46. The number of ether oxygens (including phenoxy) is 2. The van der Waals surface area contributed by atoms with Gasteiger partial charge in [0, 0.05) is 28.4 Å². The van der Waals surface area contributed by atoms with Crippen molar-refractivity contribution in [2.24, 2.45) is 0 Å². The number of anilines is 1. The molecule has 0 saturated heterocycles. The number of quaternary nitrogens is 1. The van der Waals surface area contributed by atoms with Gasteiger partial charge in [-0.15, -0.1) is 0 Å². The summed E-state index contributed by atoms with van der Waals surface area (Å²) >= 11 is 0. The van der Waals surface area contributed by atoms with Crippen molar-refractivity contribution in [2.45, 2.75) is 13.1 Å². The Kier molecular flexibility index (Phi) is 6.87. The number of nitrogens with one attached hydrogen (secondary N) is 2. The molecule has 0 fully saturated rings. The summed E-state index contributed by atoms with van der Waals surface area (Å²) in [6, 6.07) is 23.1. The van der Waals surface area contributed by atoms with Crippen LogP contribution in [0.2, 0.25) is 0 Å². The van der Waals surface area contributed by atoms with E-state index in [4.69, 9.17) is 9.47 Å². The molecule has 0 aliphatic heterocycles. The Hall–Kier alpha value is -3.31. The molecule has 0 bridgehead atoms. The molecule has 1 atom stereocenters. The second kappa shape index (κ2) is 9.75. The number of para-hydroxylation sites is 1. The van der Waals surface area contributed by atoms with Gasteiger partial charge in [-0.1, -0.05) is 30.3 Å². The lowest BCUT2D eigenvalue weighted by atomic mass is 10.1. The lowest BCUT2D eigenvalue weighted by Gasteiger charge is -2.17. The Balaban J connectivity index is 1.60. The molecule has 3 aromatic rings. The molecule has 0 heterocycles. The first-order valence-corrected chi connectivity index (χ1v) is 9.56. The van der Waals surface area contributed by atoms with Crippen LogP contribution in [-0.2, 0) is 13.1 Å². The Morgan fingerprint density at radius 1 is 0.897 bits per heavy atom. The minimum atomic E-state index is -0.105. The highest BCUT2D eigenvalue weighted by Gasteiger charge is 2.12. The molecule has 5 nitrogen and oxygen atoms in total. The van der Waals surface area contributed by atoms with E-state index in [9.17, 15) is 4.79 Å². The van der Waals surface area contributed by atoms with Gasteiger partial charge in [-0.25, -0.2) is 0 Å². The summed E-state index contributed by atoms with van der Waals surface area (Å²) in [5.74, 6) is 1.51. The molecule has 0 spiro atoms. The summed E-state index contributed by atoms with van der Waals surface area (Å²) in [6.45, 7) is 1.67. The van der Waals surface area contributed by atoms with Crippen LogP contribution in [0.3, 0.4) is 0 Å². The second-order valence-corrected chi connectivity index (χ2v) is 7.01. The normalized spacial score (nSPS) is 11.6. The lowest BCUT2D eigenvalue weighted by Crippen LogP contribution is -3.06. The van der Waals surface area contributed by atoms with Gasteiger partial charge in [0.2, 0.25) is 0 Å². The Labute approximate surface area is 171 Å². The molecule has 29 heavy (non-hydrogen) atoms. The first-order valence-electron chi connectivity index (χ1n) is 9.56. The molecule has 0 radical (unpaired) electrons. The van der Waals surface area contributed by atoms with Gasteiger partial charge in [0.05, 0.1) is 21.3 Å². The summed E-state index contributed by atoms with van der Waals surface area (Å²) in [5, 5.41) is 2.90. The Bertz CT molecular complexity index is 940. The van der Waals surface area contributed by atoms with Gasteiger partial charge in [0.25, 0.3) is 5.91 Å². The van der Waals surface area contributed by atoms with Crippen molar-refractivity contribution in [3.8, 4) is 11.5 Å². The summed E-state index contributed by atoms with van der Waals surface area (Å²) in [6.07, 6.45) is 0. The maximum atomic E-state index is 12.4. The standard InChI is InChI=1S/C24H26N2O3/c1-26(17-20-13-14-22(28-2)15-23(20)29-3)16-18-9-11-19(12-10-18)24(27)25-21-7-5-4-6-8-21/h4-15H,16-17H2,1-3H3,(H,25,27)/p+1. The predicted molar refractivity (Wildman–Crippen MR) is 115 cm³/mol. The van der Waals surface area contributed by atoms with Crippen LogP contribution in [0.1, 0.15) is 21.5 Å². The molecule has 1 unspecified atom stereocenters. The number of carbonyl (C=O) groups excluding carboxylic acids is 1. The van der Waals surface area contributed by atoms with Gasteiger partial charge in [-0.05, 0) is 36.4 Å². The minimum Gasteiger partial charge on any atom is -0.497 e. The fraction of sp³-hybridized carbons (Fsp3) is 0.208. The maximum absolute atomic E-state index is 12.4. The number of rotatable bonds is 8. The van der Waals surface area contributed by atoms with Gasteiger partial charge in [0.15, 0.2) is 0 Å². The highest BCUT2D eigenvalue weighted by Crippen LogP contribution is 2.23. The zero-order chi connectivity index (χ0) is 20.6. The van der Waals surface area contributed by atoms with Crippen molar-refractivity contribution >= 4 is 11.6 Å². The highest BCUT2D eigenvalue weighted by atomic mass is 16.5. The van der Waals surface area contributed by atoms with Crippen molar-refractivity contribution in [3.05, 3.63) is 89.5 Å². The smallest absolute Gasteiger partial charge is 0.255 e. The maximum Gasteiger partial charge on any atom is 0.255 e. The Morgan fingerprint density at radius 2 is 1.62 bits per heavy atom. The van der Waals surface area contributed by atoms with E-state index in [2.05, 4.69) is 12.4 Å². The third-order valence-electron chi connectivity index (χ3n) is 4.74. The number of methoxy groups -OCH3 is 2. The third kappa shape index (κ3) is 5.59. The number of benzene rings is 3. The number of amides is 1. The molecule has 3 aromatic carbocycles. The van der Waals surface area contributed by atoms with Crippen molar-refractivity contribution in [1.82, 2.24) is 0 Å². The van der Waals surface area contributed by atoms with E-state index in [0.29, 0.717) is 5.56 Å². The predicted octanol–water partition coefficient (Wildman–Crippen LogP) is 3.17. The first kappa shape index (κ1) is 20.4. The van der Waals surface area contributed by atoms with E-state index in [0.717, 1.165) is 35.8 Å². The molecule has 1 amide bonds. The van der Waals surface area contributed by atoms with Crippen molar-refractivity contribution < 1.29 is 19.2 Å². The van der Waals surface area contributed by atoms with Gasteiger partial charge in [-0.2, -0.15) is 0 Å². The van der Waals surface area contributed by atoms with Crippen LogP contribution in [0.5, 0.6) is 11.5 Å². The average Bonchev–Trinajstić information content (AvgIpc) is 2.75. The van der Waals surface area contributed by atoms with E-state index in [1.165, 1.54) is 10.5 Å². The summed E-state index contributed by atoms with van der Waals surface area (Å²) in [4.78, 5) is 13.7. The van der Waals surface area contributed by atoms with Gasteiger partial charge < -0.3 is 19.7 Å². The fourth-order valence-corrected chi connectivity index (χ4v) is 3.23. The van der Waals surface area contributed by atoms with E-state index in [-0.39, 0.29) is 5.91 Å². The van der Waals surface area contributed by atoms with Crippen LogP contribution in [-0.4, -0.2) is 27.2 Å². The topological polar surface area (TPSA) is 52.0 Å². The largest absolute Gasteiger partial charge is 0.497 e. The third-order valence-corrected chi connectivity index (χ3v) is 4.74. The molecule has 0 aliphatic carbocycles.